The van der Waals surface area contributed by atoms with Crippen molar-refractivity contribution in [3.63, 3.8) is 0 Å². The van der Waals surface area contributed by atoms with Crippen molar-refractivity contribution in [2.45, 2.75) is 50.2 Å². The highest BCUT2D eigenvalue weighted by Crippen LogP contribution is 2.36. The monoisotopic (exact) mass is 530 g/mol. The van der Waals surface area contributed by atoms with Crippen LogP contribution in [0, 0.1) is 0 Å². The topological polar surface area (TPSA) is 53.8 Å². The minimum absolute atomic E-state index is 0.0860. The number of alkyl halides is 6. The fourth-order valence-electron chi connectivity index (χ4n) is 4.94. The molecule has 1 saturated heterocycles. The van der Waals surface area contributed by atoms with Gasteiger partial charge in [0.25, 0.3) is 0 Å². The molecule has 4 rings (SSSR count). The second kappa shape index (κ2) is 11.4. The lowest BCUT2D eigenvalue weighted by molar-refractivity contribution is -0.138. The largest absolute Gasteiger partial charge is 0.418 e. The van der Waals surface area contributed by atoms with E-state index in [0.717, 1.165) is 82.3 Å². The molecule has 0 unspecified atom stereocenters. The summed E-state index contributed by atoms with van der Waals surface area (Å²) in [6.45, 7) is 4.47. The summed E-state index contributed by atoms with van der Waals surface area (Å²) < 4.78 is 83.6. The molecule has 1 aliphatic carbocycles. The molecule has 2 fully saturated rings. The number of piperazine rings is 1. The number of nitrogens with two attached hydrogens (primary N) is 1. The Labute approximate surface area is 212 Å². The first kappa shape index (κ1) is 27.4. The molecule has 204 valence electrons. The summed E-state index contributed by atoms with van der Waals surface area (Å²) in [6, 6.07) is 9.29. The van der Waals surface area contributed by atoms with Gasteiger partial charge < -0.3 is 20.7 Å². The number of nitrogens with zero attached hydrogens (tertiary/aromatic N) is 2. The third-order valence-electron chi connectivity index (χ3n) is 7.10. The highest BCUT2D eigenvalue weighted by atomic mass is 19.4. The number of benzene rings is 2. The van der Waals surface area contributed by atoms with Crippen LogP contribution in [0.15, 0.2) is 42.5 Å². The predicted octanol–water partition coefficient (Wildman–Crippen LogP) is 5.87. The van der Waals surface area contributed by atoms with Gasteiger partial charge in [-0.1, -0.05) is 0 Å². The zero-order valence-corrected chi connectivity index (χ0v) is 20.4. The van der Waals surface area contributed by atoms with E-state index in [-0.39, 0.29) is 17.8 Å². The van der Waals surface area contributed by atoms with Crippen molar-refractivity contribution in [3.05, 3.63) is 53.6 Å². The number of hydrogen-bond acceptors (Lipinski definition) is 5. The number of rotatable bonds is 7. The molecule has 0 atom stereocenters. The minimum Gasteiger partial charge on any atom is -0.398 e. The van der Waals surface area contributed by atoms with Crippen LogP contribution in [0.1, 0.15) is 36.8 Å². The number of halogens is 6. The van der Waals surface area contributed by atoms with Crippen LogP contribution in [-0.4, -0.2) is 56.4 Å². The molecular formula is C26H32F6N4O. The molecule has 1 heterocycles. The molecule has 0 spiro atoms. The Morgan fingerprint density at radius 1 is 0.838 bits per heavy atom. The van der Waals surface area contributed by atoms with E-state index in [9.17, 15) is 26.3 Å². The molecule has 0 radical (unpaired) electrons. The summed E-state index contributed by atoms with van der Waals surface area (Å²) in [7, 11) is 0. The lowest BCUT2D eigenvalue weighted by Gasteiger charge is -2.36. The van der Waals surface area contributed by atoms with Gasteiger partial charge in [0, 0.05) is 55.8 Å². The van der Waals surface area contributed by atoms with Gasteiger partial charge in [0.1, 0.15) is 0 Å². The quantitative estimate of drug-likeness (QED) is 0.347. The van der Waals surface area contributed by atoms with Gasteiger partial charge in [-0.25, -0.2) is 0 Å². The summed E-state index contributed by atoms with van der Waals surface area (Å²) in [5.74, 6) is 0. The number of nitrogens with one attached hydrogen (secondary N) is 1. The molecule has 2 aliphatic rings. The Hall–Kier alpha value is -2.66. The second-order valence-electron chi connectivity index (χ2n) is 9.66. The molecular weight excluding hydrogens is 498 g/mol. The molecule has 1 saturated carbocycles. The Kier molecular flexibility index (Phi) is 8.42. The molecule has 1 aliphatic heterocycles. The van der Waals surface area contributed by atoms with E-state index in [1.54, 1.807) is 6.07 Å². The predicted molar refractivity (Wildman–Crippen MR) is 132 cm³/mol. The average Bonchev–Trinajstić information content (AvgIpc) is 2.86. The first-order chi connectivity index (χ1) is 17.5. The van der Waals surface area contributed by atoms with Gasteiger partial charge in [-0.15, -0.1) is 0 Å². The number of anilines is 3. The van der Waals surface area contributed by atoms with E-state index in [2.05, 4.69) is 15.1 Å². The van der Waals surface area contributed by atoms with Gasteiger partial charge in [-0.3, -0.25) is 4.90 Å². The summed E-state index contributed by atoms with van der Waals surface area (Å²) in [5, 5.41) is 3.20. The van der Waals surface area contributed by atoms with E-state index in [1.165, 1.54) is 18.2 Å². The Morgan fingerprint density at radius 2 is 1.49 bits per heavy atom. The Morgan fingerprint density at radius 3 is 2.08 bits per heavy atom. The van der Waals surface area contributed by atoms with Gasteiger partial charge in [0.05, 0.1) is 23.8 Å². The SMILES string of the molecule is Nc1ccc(NC2CCC(OCCN3CCN(c4ccc(C(F)(F)F)cc4)CC3)CC2)cc1C(F)(F)F. The molecule has 0 amide bonds. The standard InChI is InChI=1S/C26H32F6N4O/c27-25(28,29)18-1-6-21(7-2-18)36-13-11-35(12-14-36)15-16-37-22-8-3-19(4-9-22)34-20-5-10-24(33)23(17-20)26(30,31)32/h1-2,5-7,10,17,19,22,34H,3-4,8-9,11-16,33H2. The summed E-state index contributed by atoms with van der Waals surface area (Å²) in [5.41, 5.74) is 4.94. The molecule has 11 heteroatoms. The minimum atomic E-state index is -4.48. The van der Waals surface area contributed by atoms with Crippen LogP contribution in [0.4, 0.5) is 43.4 Å². The molecule has 2 aromatic carbocycles. The Bertz CT molecular complexity index is 1010. The van der Waals surface area contributed by atoms with Gasteiger partial charge in [-0.05, 0) is 68.1 Å². The third kappa shape index (κ3) is 7.44. The molecule has 37 heavy (non-hydrogen) atoms. The highest BCUT2D eigenvalue weighted by molar-refractivity contribution is 5.58. The molecule has 0 bridgehead atoms. The summed E-state index contributed by atoms with van der Waals surface area (Å²) in [4.78, 5) is 4.37. The average molecular weight is 531 g/mol. The van der Waals surface area contributed by atoms with Crippen LogP contribution < -0.4 is 16.0 Å². The van der Waals surface area contributed by atoms with Crippen molar-refractivity contribution in [2.24, 2.45) is 0 Å². The fraction of sp³-hybridized carbons (Fsp3) is 0.538. The lowest BCUT2D eigenvalue weighted by Crippen LogP contribution is -2.47. The van der Waals surface area contributed by atoms with Crippen molar-refractivity contribution in [2.75, 3.05) is 55.3 Å². The number of ether oxygens (including phenoxy) is 1. The van der Waals surface area contributed by atoms with Crippen LogP contribution in [0.25, 0.3) is 0 Å². The van der Waals surface area contributed by atoms with Crippen LogP contribution in [0.3, 0.4) is 0 Å². The van der Waals surface area contributed by atoms with Crippen molar-refractivity contribution in [1.29, 1.82) is 0 Å². The lowest BCUT2D eigenvalue weighted by atomic mass is 9.92. The van der Waals surface area contributed by atoms with Crippen LogP contribution in [0.2, 0.25) is 0 Å². The number of nitrogen functional groups attached to an aromatic ring is 1. The number of hydrogen-bond donors (Lipinski definition) is 2. The first-order valence-corrected chi connectivity index (χ1v) is 12.5. The maximum Gasteiger partial charge on any atom is 0.418 e. The highest BCUT2D eigenvalue weighted by Gasteiger charge is 2.33. The van der Waals surface area contributed by atoms with Crippen molar-refractivity contribution < 1.29 is 31.1 Å². The molecule has 3 N–H and O–H groups in total. The van der Waals surface area contributed by atoms with Crippen molar-refractivity contribution >= 4 is 17.1 Å². The van der Waals surface area contributed by atoms with Gasteiger partial charge >= 0.3 is 12.4 Å². The molecule has 0 aromatic heterocycles. The first-order valence-electron chi connectivity index (χ1n) is 12.5. The Balaban J connectivity index is 1.13. The normalized spacial score (nSPS) is 21.7. The maximum absolute atomic E-state index is 13.1. The fourth-order valence-corrected chi connectivity index (χ4v) is 4.94. The van der Waals surface area contributed by atoms with E-state index in [0.29, 0.717) is 12.3 Å². The zero-order valence-electron chi connectivity index (χ0n) is 20.4. The molecule has 5 nitrogen and oxygen atoms in total. The third-order valence-corrected chi connectivity index (χ3v) is 7.10. The summed E-state index contributed by atoms with van der Waals surface area (Å²) in [6.07, 6.45) is -5.40. The smallest absolute Gasteiger partial charge is 0.398 e. The van der Waals surface area contributed by atoms with Crippen LogP contribution in [-0.2, 0) is 17.1 Å². The van der Waals surface area contributed by atoms with E-state index in [1.807, 2.05) is 0 Å². The van der Waals surface area contributed by atoms with Crippen molar-refractivity contribution in [1.82, 2.24) is 4.90 Å². The van der Waals surface area contributed by atoms with Gasteiger partial charge in [0.2, 0.25) is 0 Å². The van der Waals surface area contributed by atoms with Crippen LogP contribution in [0.5, 0.6) is 0 Å². The van der Waals surface area contributed by atoms with Gasteiger partial charge in [-0.2, -0.15) is 26.3 Å². The van der Waals surface area contributed by atoms with Crippen LogP contribution >= 0.6 is 0 Å². The summed E-state index contributed by atoms with van der Waals surface area (Å²) >= 11 is 0. The zero-order chi connectivity index (χ0) is 26.6. The van der Waals surface area contributed by atoms with Gasteiger partial charge in [0.15, 0.2) is 0 Å². The van der Waals surface area contributed by atoms with E-state index >= 15 is 0 Å². The maximum atomic E-state index is 13.1. The van der Waals surface area contributed by atoms with Crippen molar-refractivity contribution in [3.8, 4) is 0 Å². The second-order valence-corrected chi connectivity index (χ2v) is 9.66. The van der Waals surface area contributed by atoms with E-state index < -0.39 is 23.5 Å². The van der Waals surface area contributed by atoms with E-state index in [4.69, 9.17) is 10.5 Å². The molecule has 2 aromatic rings.